The molecule has 0 aliphatic carbocycles. The van der Waals surface area contributed by atoms with Crippen LogP contribution in [0.25, 0.3) is 0 Å². The molecule has 0 spiro atoms. The lowest BCUT2D eigenvalue weighted by Crippen LogP contribution is -2.20. The second kappa shape index (κ2) is 10.4. The Morgan fingerprint density at radius 3 is 2.28 bits per heavy atom. The Hall–Kier alpha value is -1.56. The van der Waals surface area contributed by atoms with Crippen molar-refractivity contribution in [1.29, 1.82) is 0 Å². The predicted molar refractivity (Wildman–Crippen MR) is 105 cm³/mol. The third kappa shape index (κ3) is 8.38. The number of halogens is 1. The molecule has 0 bridgehead atoms. The van der Waals surface area contributed by atoms with Gasteiger partial charge in [0, 0.05) is 19.3 Å². The normalized spacial score (nSPS) is 12.2. The summed E-state index contributed by atoms with van der Waals surface area (Å²) < 4.78 is 28.4. The molecule has 0 saturated heterocycles. The van der Waals surface area contributed by atoms with Gasteiger partial charge in [-0.2, -0.15) is 0 Å². The first-order valence-corrected chi connectivity index (χ1v) is 10.2. The van der Waals surface area contributed by atoms with E-state index in [-0.39, 0.29) is 24.1 Å². The molecule has 2 aromatic rings. The van der Waals surface area contributed by atoms with Crippen LogP contribution in [-0.2, 0) is 16.4 Å². The van der Waals surface area contributed by atoms with Gasteiger partial charge >= 0.3 is 0 Å². The van der Waals surface area contributed by atoms with Crippen molar-refractivity contribution in [2.45, 2.75) is 19.4 Å². The van der Waals surface area contributed by atoms with Crippen LogP contribution in [0, 0.1) is 0 Å². The van der Waals surface area contributed by atoms with Gasteiger partial charge in [0.05, 0.1) is 5.75 Å². The first-order valence-electron chi connectivity index (χ1n) is 8.09. The predicted octanol–water partition coefficient (Wildman–Crippen LogP) is 3.43. The Balaban J connectivity index is 0.00000312. The van der Waals surface area contributed by atoms with E-state index >= 15 is 0 Å². The molecule has 0 amide bonds. The minimum atomic E-state index is -2.95. The maximum Gasteiger partial charge on any atom is 0.148 e. The van der Waals surface area contributed by atoms with Crippen molar-refractivity contribution in [1.82, 2.24) is 5.32 Å². The lowest BCUT2D eigenvalue weighted by atomic mass is 10.0. The molecule has 0 radical (unpaired) electrons. The van der Waals surface area contributed by atoms with Crippen LogP contribution < -0.4 is 10.1 Å². The van der Waals surface area contributed by atoms with Crippen LogP contribution in [0.4, 0.5) is 0 Å². The molecule has 2 rings (SSSR count). The third-order valence-electron chi connectivity index (χ3n) is 3.72. The highest BCUT2D eigenvalue weighted by atomic mass is 35.5. The zero-order valence-corrected chi connectivity index (χ0v) is 16.3. The van der Waals surface area contributed by atoms with Gasteiger partial charge in [-0.25, -0.2) is 8.42 Å². The molecule has 1 N–H and O–H groups in total. The van der Waals surface area contributed by atoms with Crippen molar-refractivity contribution in [2.75, 3.05) is 25.2 Å². The van der Waals surface area contributed by atoms with Crippen LogP contribution in [-0.4, -0.2) is 33.6 Å². The number of hydrogen-bond donors (Lipinski definition) is 1. The average molecular weight is 384 g/mol. The molecule has 138 valence electrons. The molecule has 0 fully saturated rings. The summed E-state index contributed by atoms with van der Waals surface area (Å²) in [5, 5.41) is 3.34. The smallest absolute Gasteiger partial charge is 0.148 e. The van der Waals surface area contributed by atoms with Gasteiger partial charge < -0.3 is 10.1 Å². The minimum Gasteiger partial charge on any atom is -0.492 e. The lowest BCUT2D eigenvalue weighted by molar-refractivity contribution is 0.313. The molecule has 0 saturated carbocycles. The van der Waals surface area contributed by atoms with E-state index in [0.717, 1.165) is 24.4 Å². The first kappa shape index (κ1) is 21.5. The summed E-state index contributed by atoms with van der Waals surface area (Å²) in [5.74, 6) is 1.08. The molecule has 0 aromatic heterocycles. The van der Waals surface area contributed by atoms with Gasteiger partial charge in [0.1, 0.15) is 22.2 Å². The Morgan fingerprint density at radius 2 is 1.68 bits per heavy atom. The number of para-hydroxylation sites is 1. The summed E-state index contributed by atoms with van der Waals surface area (Å²) in [6.07, 6.45) is 1.28. The van der Waals surface area contributed by atoms with Crippen LogP contribution >= 0.6 is 12.4 Å². The van der Waals surface area contributed by atoms with Gasteiger partial charge in [-0.3, -0.25) is 0 Å². The van der Waals surface area contributed by atoms with Crippen molar-refractivity contribution in [3.8, 4) is 5.75 Å². The third-order valence-corrected chi connectivity index (χ3v) is 4.83. The summed E-state index contributed by atoms with van der Waals surface area (Å²) in [5.41, 5.74) is 2.22. The monoisotopic (exact) mass is 383 g/mol. The van der Waals surface area contributed by atoms with E-state index in [9.17, 15) is 8.42 Å². The maximum atomic E-state index is 11.4. The molecule has 0 aliphatic rings. The molecule has 1 atom stereocenters. The fraction of sp³-hybridized carbons (Fsp3) is 0.368. The topological polar surface area (TPSA) is 55.4 Å². The molecule has 4 nitrogen and oxygen atoms in total. The van der Waals surface area contributed by atoms with Gasteiger partial charge in [0.2, 0.25) is 0 Å². The van der Waals surface area contributed by atoms with Crippen molar-refractivity contribution in [2.24, 2.45) is 0 Å². The Bertz CT molecular complexity index is 718. The Morgan fingerprint density at radius 1 is 1.04 bits per heavy atom. The van der Waals surface area contributed by atoms with Crippen LogP contribution in [0.1, 0.15) is 24.0 Å². The number of ether oxygens (including phenoxy) is 1. The zero-order valence-electron chi connectivity index (χ0n) is 14.6. The van der Waals surface area contributed by atoms with E-state index < -0.39 is 9.84 Å². The highest BCUT2D eigenvalue weighted by Crippen LogP contribution is 2.17. The molecule has 0 heterocycles. The van der Waals surface area contributed by atoms with Gasteiger partial charge in [-0.15, -0.1) is 12.4 Å². The van der Waals surface area contributed by atoms with E-state index in [1.165, 1.54) is 11.8 Å². The second-order valence-electron chi connectivity index (χ2n) is 6.07. The van der Waals surface area contributed by atoms with Crippen LogP contribution in [0.15, 0.2) is 54.6 Å². The van der Waals surface area contributed by atoms with E-state index in [0.29, 0.717) is 6.61 Å². The van der Waals surface area contributed by atoms with Crippen molar-refractivity contribution < 1.29 is 13.2 Å². The van der Waals surface area contributed by atoms with E-state index in [4.69, 9.17) is 4.74 Å². The molecule has 6 heteroatoms. The van der Waals surface area contributed by atoms with Crippen LogP contribution in [0.2, 0.25) is 0 Å². The van der Waals surface area contributed by atoms with Gasteiger partial charge in [0.15, 0.2) is 0 Å². The van der Waals surface area contributed by atoms with Gasteiger partial charge in [0.25, 0.3) is 0 Å². The van der Waals surface area contributed by atoms with Gasteiger partial charge in [-0.05, 0) is 29.2 Å². The fourth-order valence-corrected chi connectivity index (χ4v) is 3.61. The van der Waals surface area contributed by atoms with Crippen molar-refractivity contribution in [3.63, 3.8) is 0 Å². The first-order chi connectivity index (χ1) is 11.4. The molecular weight excluding hydrogens is 358 g/mol. The van der Waals surface area contributed by atoms with E-state index in [1.54, 1.807) is 0 Å². The van der Waals surface area contributed by atoms with E-state index in [1.807, 2.05) is 61.5 Å². The summed E-state index contributed by atoms with van der Waals surface area (Å²) in [7, 11) is -2.95. The largest absolute Gasteiger partial charge is 0.492 e. The van der Waals surface area contributed by atoms with Crippen LogP contribution in [0.5, 0.6) is 5.75 Å². The Kier molecular flexibility index (Phi) is 8.97. The summed E-state index contributed by atoms with van der Waals surface area (Å²) in [4.78, 5) is 0. The van der Waals surface area contributed by atoms with Crippen molar-refractivity contribution >= 4 is 22.2 Å². The summed E-state index contributed by atoms with van der Waals surface area (Å²) in [6.45, 7) is 4.09. The molecule has 0 unspecified atom stereocenters. The average Bonchev–Trinajstić information content (AvgIpc) is 2.54. The SMILES string of the molecule is C[C@@H](CS(C)(=O)=O)c1ccc(CNCCOc2ccccc2)cc1.Cl. The van der Waals surface area contributed by atoms with Crippen molar-refractivity contribution in [3.05, 3.63) is 65.7 Å². The molecule has 0 aliphatic heterocycles. The van der Waals surface area contributed by atoms with E-state index in [2.05, 4.69) is 5.32 Å². The number of benzene rings is 2. The highest BCUT2D eigenvalue weighted by molar-refractivity contribution is 7.90. The molecule has 25 heavy (non-hydrogen) atoms. The maximum absolute atomic E-state index is 11.4. The summed E-state index contributed by atoms with van der Waals surface area (Å²) >= 11 is 0. The lowest BCUT2D eigenvalue weighted by Gasteiger charge is -2.12. The number of hydrogen-bond acceptors (Lipinski definition) is 4. The standard InChI is InChI=1S/C19H25NO3S.ClH/c1-16(15-24(2,21)22)18-10-8-17(9-11-18)14-20-12-13-23-19-6-4-3-5-7-19;/h3-11,16,20H,12-15H2,1-2H3;1H/t16-;/m0./s1. The highest BCUT2D eigenvalue weighted by Gasteiger charge is 2.12. The molecular formula is C19H26ClNO3S. The number of rotatable bonds is 9. The van der Waals surface area contributed by atoms with Gasteiger partial charge in [-0.1, -0.05) is 49.4 Å². The number of nitrogens with one attached hydrogen (secondary N) is 1. The molecule has 2 aromatic carbocycles. The zero-order chi connectivity index (χ0) is 17.4. The summed E-state index contributed by atoms with van der Waals surface area (Å²) in [6, 6.07) is 17.8. The van der Waals surface area contributed by atoms with Crippen LogP contribution in [0.3, 0.4) is 0 Å². The number of sulfone groups is 1. The second-order valence-corrected chi connectivity index (χ2v) is 8.26. The fourth-order valence-electron chi connectivity index (χ4n) is 2.50. The minimum absolute atomic E-state index is 0. The quantitative estimate of drug-likeness (QED) is 0.674. The Labute approximate surface area is 156 Å².